The molecule has 15 heavy (non-hydrogen) atoms. The highest BCUT2D eigenvalue weighted by molar-refractivity contribution is 5.04. The molecule has 4 aliphatic rings. The van der Waals surface area contributed by atoms with Crippen LogP contribution in [0.2, 0.25) is 0 Å². The molecule has 1 N–H and O–H groups in total. The summed E-state index contributed by atoms with van der Waals surface area (Å²) in [6.45, 7) is 5.09. The maximum absolute atomic E-state index is 2.75. The van der Waals surface area contributed by atoms with Crippen LogP contribution in [0.5, 0.6) is 0 Å². The Morgan fingerprint density at radius 3 is 1.47 bits per heavy atom. The van der Waals surface area contributed by atoms with Gasteiger partial charge >= 0.3 is 0 Å². The van der Waals surface area contributed by atoms with Gasteiger partial charge in [-0.25, -0.2) is 0 Å². The fraction of sp³-hybridized carbons (Fsp3) is 1.00. The van der Waals surface area contributed by atoms with Crippen molar-refractivity contribution >= 4 is 0 Å². The first-order valence-electron chi connectivity index (χ1n) is 6.57. The summed E-state index contributed by atoms with van der Waals surface area (Å²) in [4.78, 5) is 0. The van der Waals surface area contributed by atoms with E-state index in [1.54, 1.807) is 32.1 Å². The highest BCUT2D eigenvalue weighted by Crippen LogP contribution is 2.64. The Bertz CT molecular complexity index is 199. The van der Waals surface area contributed by atoms with Crippen LogP contribution in [0, 0.1) is 22.7 Å². The molecule has 1 heteroatoms. The molecule has 88 valence electrons. The van der Waals surface area contributed by atoms with E-state index in [-0.39, 0.29) is 0 Å². The van der Waals surface area contributed by atoms with Crippen molar-refractivity contribution in [3.8, 4) is 0 Å². The van der Waals surface area contributed by atoms with Crippen LogP contribution in [-0.4, -0.2) is 14.1 Å². The van der Waals surface area contributed by atoms with E-state index in [2.05, 4.69) is 19.2 Å². The lowest BCUT2D eigenvalue weighted by Crippen LogP contribution is -2.49. The molecule has 1 nitrogen and oxygen atoms in total. The molecule has 4 fully saturated rings. The van der Waals surface area contributed by atoms with Crippen LogP contribution in [0.4, 0.5) is 0 Å². The number of nitrogens with one attached hydrogen (secondary N) is 1. The second-order valence-corrected chi connectivity index (χ2v) is 7.08. The minimum absolute atomic E-state index is 0.763. The van der Waals surface area contributed by atoms with Gasteiger partial charge in [0, 0.05) is 0 Å². The van der Waals surface area contributed by atoms with Crippen LogP contribution in [0.1, 0.15) is 52.4 Å². The highest BCUT2D eigenvalue weighted by Gasteiger charge is 2.53. The van der Waals surface area contributed by atoms with E-state index in [0.717, 1.165) is 22.7 Å². The zero-order valence-corrected chi connectivity index (χ0v) is 10.9. The summed E-state index contributed by atoms with van der Waals surface area (Å²) >= 11 is 0. The van der Waals surface area contributed by atoms with Crippen molar-refractivity contribution in [1.82, 2.24) is 5.32 Å². The Labute approximate surface area is 95.0 Å². The van der Waals surface area contributed by atoms with Gasteiger partial charge in [-0.05, 0) is 75.3 Å². The third-order valence-electron chi connectivity index (χ3n) is 4.65. The molecule has 0 amide bonds. The lowest BCUT2D eigenvalue weighted by Gasteiger charge is -2.60. The van der Waals surface area contributed by atoms with E-state index >= 15 is 0 Å². The maximum atomic E-state index is 2.75. The van der Waals surface area contributed by atoms with Gasteiger partial charge in [0.25, 0.3) is 0 Å². The van der Waals surface area contributed by atoms with Crippen molar-refractivity contribution in [2.24, 2.45) is 22.7 Å². The van der Waals surface area contributed by atoms with Gasteiger partial charge in [-0.15, -0.1) is 0 Å². The van der Waals surface area contributed by atoms with Crippen LogP contribution in [-0.2, 0) is 0 Å². The Morgan fingerprint density at radius 1 is 0.867 bits per heavy atom. The molecule has 0 atom stereocenters. The Kier molecular flexibility index (Phi) is 2.87. The van der Waals surface area contributed by atoms with Gasteiger partial charge in [0.2, 0.25) is 0 Å². The molecule has 0 aromatic rings. The molecule has 0 aromatic heterocycles. The summed E-state index contributed by atoms with van der Waals surface area (Å²) in [5, 5.41) is 2.75. The summed E-state index contributed by atoms with van der Waals surface area (Å²) in [6.07, 6.45) is 9.33. The summed E-state index contributed by atoms with van der Waals surface area (Å²) in [7, 11) is 3.75. The van der Waals surface area contributed by atoms with E-state index in [1.165, 1.54) is 6.42 Å². The molecule has 0 aliphatic heterocycles. The number of hydrogen-bond acceptors (Lipinski definition) is 1. The zero-order chi connectivity index (χ0) is 11.1. The topological polar surface area (TPSA) is 12.0 Å². The predicted octanol–water partition coefficient (Wildman–Crippen LogP) is 3.45. The second-order valence-electron chi connectivity index (χ2n) is 7.08. The molecule has 4 saturated carbocycles. The monoisotopic (exact) mass is 209 g/mol. The fourth-order valence-electron chi connectivity index (χ4n) is 5.22. The standard InChI is InChI=1S/C12H20.C2H7N/c1-11-4-9-3-10(5-11)7-12(2,6-9)8-11;1-3-2/h9-10H,3-8H2,1-2H3;3H,1-2H3. The smallest absolute Gasteiger partial charge is 0.0167 e. The van der Waals surface area contributed by atoms with Crippen molar-refractivity contribution in [2.75, 3.05) is 14.1 Å². The van der Waals surface area contributed by atoms with Gasteiger partial charge in [0.15, 0.2) is 0 Å². The van der Waals surface area contributed by atoms with Crippen LogP contribution in [0.3, 0.4) is 0 Å². The van der Waals surface area contributed by atoms with Crippen LogP contribution in [0.15, 0.2) is 0 Å². The molecule has 4 rings (SSSR count). The van der Waals surface area contributed by atoms with Crippen molar-refractivity contribution in [3.05, 3.63) is 0 Å². The molecule has 0 unspecified atom stereocenters. The largest absolute Gasteiger partial charge is 0.323 e. The lowest BCUT2D eigenvalue weighted by atomic mass is 9.45. The van der Waals surface area contributed by atoms with Gasteiger partial charge in [-0.1, -0.05) is 13.8 Å². The number of hydrogen-bond donors (Lipinski definition) is 1. The first-order valence-corrected chi connectivity index (χ1v) is 6.57. The molecule has 0 radical (unpaired) electrons. The summed E-state index contributed by atoms with van der Waals surface area (Å²) in [5.41, 5.74) is 1.53. The normalized spacial score (nSPS) is 51.2. The molecule has 4 aliphatic carbocycles. The molecule has 0 heterocycles. The molecule has 0 saturated heterocycles. The molecular formula is C14H27N. The first-order chi connectivity index (χ1) is 6.99. The third-order valence-corrected chi connectivity index (χ3v) is 4.65. The number of rotatable bonds is 0. The minimum atomic E-state index is 0.763. The molecule has 4 bridgehead atoms. The average Bonchev–Trinajstić information content (AvgIpc) is 1.96. The van der Waals surface area contributed by atoms with E-state index in [1.807, 2.05) is 14.1 Å². The SMILES string of the molecule is CC12CC3CC(C1)CC(C)(C3)C2.CNC. The van der Waals surface area contributed by atoms with Gasteiger partial charge in [0.1, 0.15) is 0 Å². The Morgan fingerprint density at radius 2 is 1.20 bits per heavy atom. The van der Waals surface area contributed by atoms with E-state index in [4.69, 9.17) is 0 Å². The first kappa shape index (κ1) is 11.4. The van der Waals surface area contributed by atoms with Crippen molar-refractivity contribution in [1.29, 1.82) is 0 Å². The minimum Gasteiger partial charge on any atom is -0.323 e. The molecule has 0 spiro atoms. The van der Waals surface area contributed by atoms with E-state index < -0.39 is 0 Å². The summed E-state index contributed by atoms with van der Waals surface area (Å²) < 4.78 is 0. The lowest BCUT2D eigenvalue weighted by molar-refractivity contribution is -0.0920. The Hall–Kier alpha value is -0.0400. The quantitative estimate of drug-likeness (QED) is 0.644. The zero-order valence-electron chi connectivity index (χ0n) is 10.9. The van der Waals surface area contributed by atoms with Gasteiger partial charge < -0.3 is 5.32 Å². The average molecular weight is 209 g/mol. The van der Waals surface area contributed by atoms with Crippen LogP contribution in [0.25, 0.3) is 0 Å². The van der Waals surface area contributed by atoms with E-state index in [0.29, 0.717) is 0 Å². The fourth-order valence-corrected chi connectivity index (χ4v) is 5.22. The van der Waals surface area contributed by atoms with Crippen molar-refractivity contribution < 1.29 is 0 Å². The summed E-state index contributed by atoms with van der Waals surface area (Å²) in [5.74, 6) is 2.22. The highest BCUT2D eigenvalue weighted by atomic mass is 14.7. The van der Waals surface area contributed by atoms with Gasteiger partial charge in [-0.3, -0.25) is 0 Å². The van der Waals surface area contributed by atoms with Gasteiger partial charge in [0.05, 0.1) is 0 Å². The molecular weight excluding hydrogens is 182 g/mol. The molecule has 0 aromatic carbocycles. The predicted molar refractivity (Wildman–Crippen MR) is 65.9 cm³/mol. The summed E-state index contributed by atoms with van der Waals surface area (Å²) in [6, 6.07) is 0. The van der Waals surface area contributed by atoms with Crippen molar-refractivity contribution in [2.45, 2.75) is 52.4 Å². The maximum Gasteiger partial charge on any atom is -0.0167 e. The third kappa shape index (κ3) is 2.22. The van der Waals surface area contributed by atoms with E-state index in [9.17, 15) is 0 Å². The van der Waals surface area contributed by atoms with Gasteiger partial charge in [-0.2, -0.15) is 0 Å². The van der Waals surface area contributed by atoms with Crippen LogP contribution < -0.4 is 5.32 Å². The van der Waals surface area contributed by atoms with Crippen LogP contribution >= 0.6 is 0 Å². The van der Waals surface area contributed by atoms with Crippen molar-refractivity contribution in [3.63, 3.8) is 0 Å². The second kappa shape index (κ2) is 3.76. The Balaban J connectivity index is 0.000000258.